The molecule has 0 aromatic heterocycles. The summed E-state index contributed by atoms with van der Waals surface area (Å²) < 4.78 is 10.4. The fraction of sp³-hybridized carbons (Fsp3) is 0.412. The highest BCUT2D eigenvalue weighted by atomic mass is 16.5. The van der Waals surface area contributed by atoms with Crippen LogP contribution in [0.4, 0.5) is 0 Å². The number of fused-ring (bicyclic) bond motifs is 1. The van der Waals surface area contributed by atoms with E-state index in [1.54, 1.807) is 0 Å². The first kappa shape index (κ1) is 17.2. The topological polar surface area (TPSA) is 134 Å². The van der Waals surface area contributed by atoms with E-state index in [4.69, 9.17) is 9.47 Å². The van der Waals surface area contributed by atoms with Crippen LogP contribution in [0, 0.1) is 0 Å². The first-order chi connectivity index (χ1) is 11.8. The van der Waals surface area contributed by atoms with Gasteiger partial charge in [-0.1, -0.05) is 0 Å². The molecule has 8 heteroatoms. The maximum absolute atomic E-state index is 12.8. The Morgan fingerprint density at radius 1 is 1.28 bits per heavy atom. The number of ketones is 2. The third kappa shape index (κ3) is 2.63. The number of allylic oxidation sites excluding steroid dienone is 1. The summed E-state index contributed by atoms with van der Waals surface area (Å²) in [6.07, 6.45) is -2.47. The summed E-state index contributed by atoms with van der Waals surface area (Å²) in [6.45, 7) is 1.54. The second-order valence-electron chi connectivity index (χ2n) is 6.17. The molecule has 0 fully saturated rings. The molecule has 1 aliphatic heterocycles. The van der Waals surface area contributed by atoms with Gasteiger partial charge in [-0.25, -0.2) is 0 Å². The van der Waals surface area contributed by atoms with Gasteiger partial charge < -0.3 is 29.9 Å². The van der Waals surface area contributed by atoms with E-state index in [-0.39, 0.29) is 29.9 Å². The van der Waals surface area contributed by atoms with Crippen molar-refractivity contribution in [3.8, 4) is 17.2 Å². The predicted molar refractivity (Wildman–Crippen MR) is 83.8 cm³/mol. The number of hydrogen-bond donors (Lipinski definition) is 4. The van der Waals surface area contributed by atoms with Crippen LogP contribution in [0.15, 0.2) is 17.4 Å². The van der Waals surface area contributed by atoms with Crippen LogP contribution < -0.4 is 4.74 Å². The van der Waals surface area contributed by atoms with Crippen LogP contribution in [0.2, 0.25) is 0 Å². The zero-order valence-electron chi connectivity index (χ0n) is 13.6. The Morgan fingerprint density at radius 3 is 2.56 bits per heavy atom. The van der Waals surface area contributed by atoms with Gasteiger partial charge >= 0.3 is 0 Å². The first-order valence-electron chi connectivity index (χ1n) is 7.75. The summed E-state index contributed by atoms with van der Waals surface area (Å²) in [6, 6.07) is 1.03. The Kier molecular flexibility index (Phi) is 4.18. The molecule has 4 N–H and O–H groups in total. The van der Waals surface area contributed by atoms with Crippen molar-refractivity contribution in [2.24, 2.45) is 0 Å². The average Bonchev–Trinajstić information content (AvgIpc) is 2.53. The third-order valence-corrected chi connectivity index (χ3v) is 4.32. The molecule has 25 heavy (non-hydrogen) atoms. The van der Waals surface area contributed by atoms with E-state index in [2.05, 4.69) is 0 Å². The fourth-order valence-electron chi connectivity index (χ4n) is 3.24. The van der Waals surface area contributed by atoms with E-state index in [0.29, 0.717) is 0 Å². The number of carbonyl (C=O) groups excluding carboxylic acids is 2. The van der Waals surface area contributed by atoms with E-state index in [0.717, 1.165) is 6.07 Å². The minimum atomic E-state index is -1.28. The van der Waals surface area contributed by atoms with Crippen molar-refractivity contribution in [1.82, 2.24) is 0 Å². The van der Waals surface area contributed by atoms with Crippen LogP contribution in [-0.2, 0) is 4.74 Å². The lowest BCUT2D eigenvalue weighted by Crippen LogP contribution is -2.39. The van der Waals surface area contributed by atoms with Crippen LogP contribution >= 0.6 is 0 Å². The molecule has 0 radical (unpaired) electrons. The maximum Gasteiger partial charge on any atom is 0.232 e. The van der Waals surface area contributed by atoms with Gasteiger partial charge in [-0.05, 0) is 6.92 Å². The van der Waals surface area contributed by atoms with Gasteiger partial charge in [-0.15, -0.1) is 0 Å². The Bertz CT molecular complexity index is 792. The molecule has 3 unspecified atom stereocenters. The highest BCUT2D eigenvalue weighted by Gasteiger charge is 2.45. The van der Waals surface area contributed by atoms with Crippen molar-refractivity contribution in [3.63, 3.8) is 0 Å². The summed E-state index contributed by atoms with van der Waals surface area (Å²) in [5, 5.41) is 40.1. The third-order valence-electron chi connectivity index (χ3n) is 4.32. The number of aliphatic hydroxyl groups is 2. The van der Waals surface area contributed by atoms with E-state index in [1.807, 2.05) is 0 Å². The van der Waals surface area contributed by atoms with Crippen molar-refractivity contribution in [1.29, 1.82) is 0 Å². The minimum absolute atomic E-state index is 0.0288. The van der Waals surface area contributed by atoms with Gasteiger partial charge in [0.05, 0.1) is 36.0 Å². The molecule has 3 rings (SSSR count). The van der Waals surface area contributed by atoms with Crippen molar-refractivity contribution < 1.29 is 39.5 Å². The molecule has 1 aromatic carbocycles. The molecule has 0 spiro atoms. The van der Waals surface area contributed by atoms with E-state index < -0.39 is 52.5 Å². The number of aromatic hydroxyl groups is 2. The van der Waals surface area contributed by atoms with Crippen molar-refractivity contribution in [2.45, 2.75) is 38.1 Å². The number of hydrogen-bond acceptors (Lipinski definition) is 8. The van der Waals surface area contributed by atoms with E-state index in [1.165, 1.54) is 14.0 Å². The second kappa shape index (κ2) is 6.05. The molecule has 0 amide bonds. The molecule has 8 nitrogen and oxygen atoms in total. The Balaban J connectivity index is 2.14. The predicted octanol–water partition coefficient (Wildman–Crippen LogP) is 0.660. The molecule has 0 saturated carbocycles. The maximum atomic E-state index is 12.8. The second-order valence-corrected chi connectivity index (χ2v) is 6.17. The summed E-state index contributed by atoms with van der Waals surface area (Å²) >= 11 is 0. The minimum Gasteiger partial charge on any atom is -0.507 e. The summed E-state index contributed by atoms with van der Waals surface area (Å²) in [7, 11) is 1.24. The van der Waals surface area contributed by atoms with Gasteiger partial charge in [0, 0.05) is 18.9 Å². The van der Waals surface area contributed by atoms with E-state index >= 15 is 0 Å². The monoisotopic (exact) mass is 350 g/mol. The Hall–Kier alpha value is -2.58. The quantitative estimate of drug-likeness (QED) is 0.584. The van der Waals surface area contributed by atoms with Crippen molar-refractivity contribution >= 4 is 11.6 Å². The molecule has 2 aliphatic rings. The Labute approximate surface area is 142 Å². The number of Topliss-reactive ketones (excluding diaryl/α,β-unsaturated/α-hetero) is 2. The zero-order valence-corrected chi connectivity index (χ0v) is 13.6. The Morgan fingerprint density at radius 2 is 1.96 bits per heavy atom. The molecule has 3 atom stereocenters. The standard InChI is InChI=1S/C17H18O8/c1-6(18)3-7-4-8(19)12-15(22)11-9(20)5-10(24-2)14(21)13(11)16(23)17(12)25-7/h5-8,18-21H,3-4H2,1-2H3. The number of aliphatic hydroxyl groups excluding tert-OH is 2. The smallest absolute Gasteiger partial charge is 0.232 e. The zero-order chi connectivity index (χ0) is 18.5. The molecule has 0 bridgehead atoms. The molecule has 134 valence electrons. The first-order valence-corrected chi connectivity index (χ1v) is 7.75. The van der Waals surface area contributed by atoms with Gasteiger partial charge in [0.1, 0.15) is 11.9 Å². The summed E-state index contributed by atoms with van der Waals surface area (Å²) in [5.41, 5.74) is -1.07. The number of benzene rings is 1. The summed E-state index contributed by atoms with van der Waals surface area (Å²) in [4.78, 5) is 25.5. The van der Waals surface area contributed by atoms with Crippen LogP contribution in [0.25, 0.3) is 0 Å². The van der Waals surface area contributed by atoms with Crippen molar-refractivity contribution in [3.05, 3.63) is 28.5 Å². The lowest BCUT2D eigenvalue weighted by atomic mass is 9.81. The van der Waals surface area contributed by atoms with Crippen LogP contribution in [0.3, 0.4) is 0 Å². The lowest BCUT2D eigenvalue weighted by molar-refractivity contribution is 0.00563. The van der Waals surface area contributed by atoms with E-state index in [9.17, 15) is 30.0 Å². The molecule has 0 saturated heterocycles. The molecular weight excluding hydrogens is 332 g/mol. The summed E-state index contributed by atoms with van der Waals surface area (Å²) in [5.74, 6) is -3.28. The van der Waals surface area contributed by atoms with Crippen LogP contribution in [0.5, 0.6) is 17.2 Å². The van der Waals surface area contributed by atoms with Gasteiger partial charge in [0.15, 0.2) is 23.0 Å². The van der Waals surface area contributed by atoms with Gasteiger partial charge in [0.25, 0.3) is 0 Å². The molecule has 1 aromatic rings. The number of methoxy groups -OCH3 is 1. The molecular formula is C17H18O8. The van der Waals surface area contributed by atoms with Crippen LogP contribution in [-0.4, -0.2) is 57.4 Å². The number of phenols is 2. The average molecular weight is 350 g/mol. The highest BCUT2D eigenvalue weighted by Crippen LogP contribution is 2.45. The number of rotatable bonds is 3. The molecule has 1 aliphatic carbocycles. The lowest BCUT2D eigenvalue weighted by Gasteiger charge is -2.34. The largest absolute Gasteiger partial charge is 0.507 e. The SMILES string of the molecule is COc1cc(O)c2c(c1O)C(=O)C1=C(C2=O)C(O)CC(CC(C)O)O1. The normalized spacial score (nSPS) is 23.7. The highest BCUT2D eigenvalue weighted by molar-refractivity contribution is 6.28. The number of phenolic OH excluding ortho intramolecular Hbond substituents is 2. The van der Waals surface area contributed by atoms with Crippen LogP contribution in [0.1, 0.15) is 40.5 Å². The van der Waals surface area contributed by atoms with Crippen molar-refractivity contribution in [2.75, 3.05) is 7.11 Å². The van der Waals surface area contributed by atoms with Gasteiger partial charge in [-0.3, -0.25) is 9.59 Å². The van der Waals surface area contributed by atoms with Gasteiger partial charge in [0.2, 0.25) is 5.78 Å². The number of carbonyl (C=O) groups is 2. The van der Waals surface area contributed by atoms with Gasteiger partial charge in [-0.2, -0.15) is 0 Å². The number of ether oxygens (including phenoxy) is 2. The molecule has 1 heterocycles. The fourth-order valence-corrected chi connectivity index (χ4v) is 3.24.